The number of anilines is 1. The van der Waals surface area contributed by atoms with Crippen LogP contribution in [-0.4, -0.2) is 44.9 Å². The molecule has 1 fully saturated rings. The maximum absolute atomic E-state index is 14.7. The van der Waals surface area contributed by atoms with E-state index in [0.717, 1.165) is 24.3 Å². The highest BCUT2D eigenvalue weighted by Gasteiger charge is 2.44. The number of rotatable bonds is 9. The average molecular weight is 656 g/mol. The van der Waals surface area contributed by atoms with E-state index < -0.39 is 63.8 Å². The van der Waals surface area contributed by atoms with E-state index >= 15 is 0 Å². The third-order valence-electron chi connectivity index (χ3n) is 5.81. The van der Waals surface area contributed by atoms with Crippen LogP contribution in [0.2, 0.25) is 0 Å². The van der Waals surface area contributed by atoms with Crippen molar-refractivity contribution in [2.45, 2.75) is 12.7 Å². The minimum Gasteiger partial charge on any atom is -0.483 e. The van der Waals surface area contributed by atoms with Crippen LogP contribution >= 0.6 is 15.9 Å². The fraction of sp³-hybridized carbons (Fsp3) is 0.160. The van der Waals surface area contributed by atoms with Gasteiger partial charge in [0.15, 0.2) is 5.88 Å². The van der Waals surface area contributed by atoms with Crippen molar-refractivity contribution in [1.29, 1.82) is 5.41 Å². The molecule has 222 valence electrons. The van der Waals surface area contributed by atoms with E-state index in [1.165, 1.54) is 31.4 Å². The van der Waals surface area contributed by atoms with Crippen molar-refractivity contribution in [1.82, 2.24) is 9.80 Å². The highest BCUT2D eigenvalue weighted by atomic mass is 79.9. The number of amides is 3. The zero-order chi connectivity index (χ0) is 31.4. The summed E-state index contributed by atoms with van der Waals surface area (Å²) < 4.78 is 60.7. The lowest BCUT2D eigenvalue weighted by Gasteiger charge is -2.37. The average Bonchev–Trinajstić information content (AvgIpc) is 2.93. The molecule has 3 rings (SSSR count). The number of amidine groups is 1. The van der Waals surface area contributed by atoms with Crippen molar-refractivity contribution in [2.24, 2.45) is 11.5 Å². The second-order valence-electron chi connectivity index (χ2n) is 8.40. The van der Waals surface area contributed by atoms with Gasteiger partial charge < -0.3 is 21.5 Å². The summed E-state index contributed by atoms with van der Waals surface area (Å²) in [5.74, 6) is -4.02. The number of urea groups is 1. The van der Waals surface area contributed by atoms with Gasteiger partial charge in [-0.15, -0.1) is 0 Å². The Morgan fingerprint density at radius 3 is 2.36 bits per heavy atom. The number of hydrogen-bond acceptors (Lipinski definition) is 9. The molecule has 0 atom stereocenters. The number of nitro benzene ring substituents is 1. The molecule has 6 N–H and O–H groups in total. The summed E-state index contributed by atoms with van der Waals surface area (Å²) >= 11 is 3.17. The fourth-order valence-corrected chi connectivity index (χ4v) is 4.17. The van der Waals surface area contributed by atoms with Gasteiger partial charge >= 0.3 is 12.2 Å². The summed E-state index contributed by atoms with van der Waals surface area (Å²) in [6.45, 7) is -1.09. The van der Waals surface area contributed by atoms with Crippen molar-refractivity contribution in [3.05, 3.63) is 105 Å². The number of carbonyl (C=O) groups is 2. The molecule has 2 aromatic carbocycles. The Bertz CT molecular complexity index is 1520. The smallest absolute Gasteiger partial charge is 0.416 e. The van der Waals surface area contributed by atoms with Crippen LogP contribution in [0.5, 0.6) is 0 Å². The highest BCUT2D eigenvalue weighted by Crippen LogP contribution is 2.35. The SMILES string of the molecule is CO/C(N)=C/C=C(\N)N1C(=O)/C(=C(\CBr)Nc2ccc([N+](=O)[O-])cc2)C(=N)N(Cc2c(F)cccc2C(F)(F)F)C1=O. The van der Waals surface area contributed by atoms with Crippen LogP contribution in [0.1, 0.15) is 11.1 Å². The largest absolute Gasteiger partial charge is 0.483 e. The van der Waals surface area contributed by atoms with Crippen LogP contribution in [0.25, 0.3) is 0 Å². The predicted octanol–water partition coefficient (Wildman–Crippen LogP) is 4.50. The topological polar surface area (TPSA) is 181 Å². The number of nitrogens with one attached hydrogen (secondary N) is 2. The van der Waals surface area contributed by atoms with Crippen LogP contribution in [0.15, 0.2) is 77.6 Å². The number of benzene rings is 2. The maximum atomic E-state index is 14.7. The van der Waals surface area contributed by atoms with E-state index in [2.05, 4.69) is 21.2 Å². The number of hydrogen-bond donors (Lipinski definition) is 4. The summed E-state index contributed by atoms with van der Waals surface area (Å²) in [6, 6.07) is 5.82. The van der Waals surface area contributed by atoms with Gasteiger partial charge in [-0.1, -0.05) is 22.0 Å². The third kappa shape index (κ3) is 6.68. The summed E-state index contributed by atoms with van der Waals surface area (Å²) in [4.78, 5) is 38.2. The summed E-state index contributed by atoms with van der Waals surface area (Å²) in [5, 5.41) is 22.3. The molecule has 0 bridgehead atoms. The molecule has 12 nitrogen and oxygen atoms in total. The molecule has 0 radical (unpaired) electrons. The maximum Gasteiger partial charge on any atom is 0.416 e. The van der Waals surface area contributed by atoms with Gasteiger partial charge in [0, 0.05) is 40.5 Å². The quantitative estimate of drug-likeness (QED) is 0.0579. The van der Waals surface area contributed by atoms with Crippen molar-refractivity contribution < 1.29 is 36.8 Å². The second-order valence-corrected chi connectivity index (χ2v) is 8.96. The first-order valence-electron chi connectivity index (χ1n) is 11.6. The first-order valence-corrected chi connectivity index (χ1v) is 12.7. The Hall–Kier alpha value is -4.93. The first kappa shape index (κ1) is 31.6. The molecule has 42 heavy (non-hydrogen) atoms. The van der Waals surface area contributed by atoms with Crippen molar-refractivity contribution in [3.63, 3.8) is 0 Å². The molecular formula is C25H22BrF4N7O5. The Morgan fingerprint density at radius 2 is 1.81 bits per heavy atom. The number of halogens is 5. The third-order valence-corrected chi connectivity index (χ3v) is 6.37. The number of ether oxygens (including phenoxy) is 1. The standard InChI is InChI=1S/C25H22BrF4N7O5/c1-42-20(32)10-9-19(31)36-23(38)21(18(11-26)34-13-5-7-14(8-6-13)37(40)41)22(33)35(24(36)39)12-15-16(25(28,29)30)3-2-4-17(15)27/h2-10,33-34H,11-12,31-32H2,1H3/b19-9+,20-10+,21-18+,33-22?. The first-order chi connectivity index (χ1) is 19.7. The monoisotopic (exact) mass is 655 g/mol. The molecule has 0 spiro atoms. The molecule has 1 saturated heterocycles. The number of imide groups is 1. The van der Waals surface area contributed by atoms with Gasteiger partial charge in [0.2, 0.25) is 0 Å². The molecule has 0 aliphatic carbocycles. The molecule has 2 aromatic rings. The van der Waals surface area contributed by atoms with Crippen LogP contribution in [0.4, 0.5) is 33.7 Å². The molecule has 1 aliphatic rings. The molecule has 0 unspecified atom stereocenters. The van der Waals surface area contributed by atoms with Gasteiger partial charge in [-0.05, 0) is 30.3 Å². The minimum atomic E-state index is -5.01. The summed E-state index contributed by atoms with van der Waals surface area (Å²) in [5.41, 5.74) is 8.60. The Balaban J connectivity index is 2.19. The number of non-ortho nitro benzene ring substituents is 1. The molecule has 17 heteroatoms. The molecule has 0 aromatic heterocycles. The summed E-state index contributed by atoms with van der Waals surface area (Å²) in [6.07, 6.45) is -2.89. The van der Waals surface area contributed by atoms with Gasteiger partial charge in [-0.3, -0.25) is 25.2 Å². The Labute approximate surface area is 243 Å². The molecule has 1 heterocycles. The van der Waals surface area contributed by atoms with Crippen LogP contribution in [0.3, 0.4) is 0 Å². The molecule has 3 amide bonds. The molecular weight excluding hydrogens is 634 g/mol. The minimum absolute atomic E-state index is 0.0642. The van der Waals surface area contributed by atoms with Crippen LogP contribution in [-0.2, 0) is 22.3 Å². The fourth-order valence-electron chi connectivity index (χ4n) is 3.75. The number of nitrogens with zero attached hydrogens (tertiary/aromatic N) is 3. The second kappa shape index (κ2) is 12.7. The van der Waals surface area contributed by atoms with Crippen LogP contribution < -0.4 is 16.8 Å². The van der Waals surface area contributed by atoms with Gasteiger partial charge in [0.1, 0.15) is 23.0 Å². The zero-order valence-corrected chi connectivity index (χ0v) is 23.1. The van der Waals surface area contributed by atoms with Gasteiger partial charge in [-0.25, -0.2) is 14.1 Å². The Kier molecular flexibility index (Phi) is 9.56. The predicted molar refractivity (Wildman–Crippen MR) is 146 cm³/mol. The number of carbonyl (C=O) groups excluding carboxylic acids is 2. The van der Waals surface area contributed by atoms with E-state index in [9.17, 15) is 37.3 Å². The molecule has 0 saturated carbocycles. The zero-order valence-electron chi connectivity index (χ0n) is 21.5. The Morgan fingerprint density at radius 1 is 1.17 bits per heavy atom. The van der Waals surface area contributed by atoms with E-state index in [1.807, 2.05) is 0 Å². The summed E-state index contributed by atoms with van der Waals surface area (Å²) in [7, 11) is 1.23. The lowest BCUT2D eigenvalue weighted by atomic mass is 10.0. The number of alkyl halides is 4. The van der Waals surface area contributed by atoms with Crippen LogP contribution in [0, 0.1) is 21.3 Å². The van der Waals surface area contributed by atoms with E-state index in [0.29, 0.717) is 15.9 Å². The lowest BCUT2D eigenvalue weighted by molar-refractivity contribution is -0.384. The van der Waals surface area contributed by atoms with Crippen molar-refractivity contribution in [2.75, 3.05) is 17.8 Å². The lowest BCUT2D eigenvalue weighted by Crippen LogP contribution is -2.57. The van der Waals surface area contributed by atoms with Gasteiger partial charge in [0.25, 0.3) is 11.6 Å². The van der Waals surface area contributed by atoms with Gasteiger partial charge in [-0.2, -0.15) is 13.2 Å². The van der Waals surface area contributed by atoms with E-state index in [4.69, 9.17) is 21.6 Å². The highest BCUT2D eigenvalue weighted by molar-refractivity contribution is 9.09. The van der Waals surface area contributed by atoms with E-state index in [-0.39, 0.29) is 28.3 Å². The van der Waals surface area contributed by atoms with Gasteiger partial charge in [0.05, 0.1) is 24.1 Å². The number of nitrogens with two attached hydrogens (primary N) is 2. The molecule has 1 aliphatic heterocycles. The number of nitro groups is 1. The normalized spacial score (nSPS) is 16.1. The number of allylic oxidation sites excluding steroid dienone is 3. The van der Waals surface area contributed by atoms with Crippen molar-refractivity contribution in [3.8, 4) is 0 Å². The van der Waals surface area contributed by atoms with Crippen molar-refractivity contribution >= 4 is 45.1 Å². The number of methoxy groups -OCH3 is 1. The van der Waals surface area contributed by atoms with E-state index in [1.54, 1.807) is 0 Å².